The number of aromatic nitrogens is 1. The van der Waals surface area contributed by atoms with E-state index in [2.05, 4.69) is 4.98 Å². The van der Waals surface area contributed by atoms with Crippen molar-refractivity contribution in [2.75, 3.05) is 33.3 Å². The largest absolute Gasteiger partial charge is 0.496 e. The fourth-order valence-electron chi connectivity index (χ4n) is 4.26. The van der Waals surface area contributed by atoms with Crippen LogP contribution in [0.25, 0.3) is 10.9 Å². The number of amides is 3. The summed E-state index contributed by atoms with van der Waals surface area (Å²) in [6.45, 7) is 3.71. The van der Waals surface area contributed by atoms with Crippen LogP contribution in [0.2, 0.25) is 0 Å². The number of hydrogen-bond donors (Lipinski definition) is 0. The number of rotatable bonds is 3. The zero-order valence-corrected chi connectivity index (χ0v) is 17.3. The van der Waals surface area contributed by atoms with Crippen molar-refractivity contribution in [3.05, 3.63) is 36.0 Å². The first-order valence-corrected chi connectivity index (χ1v) is 10.3. The van der Waals surface area contributed by atoms with Crippen LogP contribution in [-0.2, 0) is 9.59 Å². The maximum Gasteiger partial charge on any atom is 0.291 e. The van der Waals surface area contributed by atoms with Gasteiger partial charge in [-0.2, -0.15) is 0 Å². The van der Waals surface area contributed by atoms with Gasteiger partial charge in [0, 0.05) is 50.5 Å². The van der Waals surface area contributed by atoms with Crippen LogP contribution >= 0.6 is 0 Å². The molecule has 0 saturated carbocycles. The Bertz CT molecular complexity index is 984. The monoisotopic (exact) mass is 410 g/mol. The summed E-state index contributed by atoms with van der Waals surface area (Å²) in [5.41, 5.74) is 0.936. The molecule has 3 heterocycles. The van der Waals surface area contributed by atoms with E-state index in [4.69, 9.17) is 4.74 Å². The summed E-state index contributed by atoms with van der Waals surface area (Å²) in [7, 11) is 1.56. The third-order valence-corrected chi connectivity index (χ3v) is 5.93. The molecule has 2 aliphatic heterocycles. The van der Waals surface area contributed by atoms with E-state index >= 15 is 0 Å². The third kappa shape index (κ3) is 3.69. The molecule has 0 N–H and O–H groups in total. The van der Waals surface area contributed by atoms with Crippen LogP contribution < -0.4 is 4.74 Å². The quantitative estimate of drug-likeness (QED) is 0.774. The highest BCUT2D eigenvalue weighted by molar-refractivity contribution is 5.98. The summed E-state index contributed by atoms with van der Waals surface area (Å²) in [6, 6.07) is 9.13. The number of ether oxygens (including phenoxy) is 1. The normalized spacial score (nSPS) is 17.5. The van der Waals surface area contributed by atoms with Crippen molar-refractivity contribution >= 4 is 28.6 Å². The van der Waals surface area contributed by atoms with Gasteiger partial charge in [0.15, 0.2) is 0 Å². The SMILES string of the molecule is COc1cc(C(=O)N2CCCN2C(=O)C2CCN(C(C)=O)CC2)nc2ccccc12. The van der Waals surface area contributed by atoms with Crippen LogP contribution in [0.4, 0.5) is 0 Å². The molecule has 1 aromatic heterocycles. The Kier molecular flexibility index (Phi) is 5.57. The van der Waals surface area contributed by atoms with Crippen molar-refractivity contribution in [3.8, 4) is 5.75 Å². The van der Waals surface area contributed by atoms with E-state index in [1.54, 1.807) is 30.0 Å². The number of likely N-dealkylation sites (tertiary alicyclic amines) is 1. The molecule has 0 aliphatic carbocycles. The Balaban J connectivity index is 1.53. The standard InChI is InChI=1S/C22H26N4O4/c1-15(27)24-12-8-16(9-13-24)21(28)25-10-5-11-26(25)22(29)19-14-20(30-2)17-6-3-4-7-18(17)23-19/h3-4,6-7,14,16H,5,8-13H2,1-2H3. The van der Waals surface area contributed by atoms with Crippen molar-refractivity contribution in [1.29, 1.82) is 0 Å². The molecular formula is C22H26N4O4. The second-order valence-electron chi connectivity index (χ2n) is 7.75. The number of carbonyl (C=O) groups excluding carboxylic acids is 3. The molecule has 0 radical (unpaired) electrons. The zero-order chi connectivity index (χ0) is 21.3. The number of para-hydroxylation sites is 1. The molecule has 0 unspecified atom stereocenters. The molecular weight excluding hydrogens is 384 g/mol. The number of pyridine rings is 1. The van der Waals surface area contributed by atoms with E-state index in [-0.39, 0.29) is 29.3 Å². The van der Waals surface area contributed by atoms with Gasteiger partial charge < -0.3 is 9.64 Å². The lowest BCUT2D eigenvalue weighted by Gasteiger charge is -2.35. The molecule has 2 aliphatic rings. The summed E-state index contributed by atoms with van der Waals surface area (Å²) in [5, 5.41) is 3.92. The molecule has 4 rings (SSSR count). The Labute approximate surface area is 175 Å². The summed E-state index contributed by atoms with van der Waals surface area (Å²) in [6.07, 6.45) is 1.98. The summed E-state index contributed by atoms with van der Waals surface area (Å²) in [5.74, 6) is 0.101. The van der Waals surface area contributed by atoms with Gasteiger partial charge in [-0.05, 0) is 31.4 Å². The highest BCUT2D eigenvalue weighted by Gasteiger charge is 2.37. The first-order chi connectivity index (χ1) is 14.5. The highest BCUT2D eigenvalue weighted by atomic mass is 16.5. The smallest absolute Gasteiger partial charge is 0.291 e. The Morgan fingerprint density at radius 2 is 1.73 bits per heavy atom. The average molecular weight is 410 g/mol. The number of hydrazine groups is 1. The molecule has 8 nitrogen and oxygen atoms in total. The van der Waals surface area contributed by atoms with E-state index in [0.29, 0.717) is 50.3 Å². The molecule has 0 atom stereocenters. The molecule has 0 spiro atoms. The second kappa shape index (κ2) is 8.30. The molecule has 0 bridgehead atoms. The first-order valence-electron chi connectivity index (χ1n) is 10.3. The average Bonchev–Trinajstić information content (AvgIpc) is 3.27. The van der Waals surface area contributed by atoms with Gasteiger partial charge >= 0.3 is 0 Å². The topological polar surface area (TPSA) is 83.0 Å². The number of piperidine rings is 1. The van der Waals surface area contributed by atoms with Crippen LogP contribution in [-0.4, -0.2) is 70.9 Å². The van der Waals surface area contributed by atoms with E-state index in [9.17, 15) is 14.4 Å². The molecule has 2 saturated heterocycles. The van der Waals surface area contributed by atoms with Crippen molar-refractivity contribution in [2.45, 2.75) is 26.2 Å². The predicted molar refractivity (Wildman–Crippen MR) is 111 cm³/mol. The Hall–Kier alpha value is -3.16. The Morgan fingerprint density at radius 3 is 2.43 bits per heavy atom. The van der Waals surface area contributed by atoms with Gasteiger partial charge in [-0.25, -0.2) is 9.99 Å². The van der Waals surface area contributed by atoms with Crippen molar-refractivity contribution < 1.29 is 19.1 Å². The molecule has 158 valence electrons. The van der Waals surface area contributed by atoms with Crippen LogP contribution in [0.5, 0.6) is 5.75 Å². The van der Waals surface area contributed by atoms with Crippen LogP contribution in [0.15, 0.2) is 30.3 Å². The van der Waals surface area contributed by atoms with Gasteiger partial charge in [0.2, 0.25) is 11.8 Å². The number of methoxy groups -OCH3 is 1. The molecule has 30 heavy (non-hydrogen) atoms. The molecule has 1 aromatic carbocycles. The fourth-order valence-corrected chi connectivity index (χ4v) is 4.26. The van der Waals surface area contributed by atoms with E-state index in [1.165, 1.54) is 5.01 Å². The fraction of sp³-hybridized carbons (Fsp3) is 0.455. The van der Waals surface area contributed by atoms with E-state index in [0.717, 1.165) is 11.8 Å². The van der Waals surface area contributed by atoms with Crippen molar-refractivity contribution in [3.63, 3.8) is 0 Å². The number of nitrogens with zero attached hydrogens (tertiary/aromatic N) is 4. The summed E-state index contributed by atoms with van der Waals surface area (Å²) >= 11 is 0. The minimum Gasteiger partial charge on any atom is -0.496 e. The van der Waals surface area contributed by atoms with Gasteiger partial charge in [0.05, 0.1) is 12.6 Å². The van der Waals surface area contributed by atoms with Gasteiger partial charge in [0.25, 0.3) is 5.91 Å². The summed E-state index contributed by atoms with van der Waals surface area (Å²) < 4.78 is 5.46. The second-order valence-corrected chi connectivity index (χ2v) is 7.75. The minimum absolute atomic E-state index is 0.0372. The van der Waals surface area contributed by atoms with E-state index < -0.39 is 0 Å². The number of fused-ring (bicyclic) bond motifs is 1. The van der Waals surface area contributed by atoms with Crippen LogP contribution in [0, 0.1) is 5.92 Å². The lowest BCUT2D eigenvalue weighted by molar-refractivity contribution is -0.148. The highest BCUT2D eigenvalue weighted by Crippen LogP contribution is 2.28. The van der Waals surface area contributed by atoms with Gasteiger partial charge in [-0.3, -0.25) is 19.4 Å². The van der Waals surface area contributed by atoms with Gasteiger partial charge in [0.1, 0.15) is 11.4 Å². The Morgan fingerprint density at radius 1 is 1.03 bits per heavy atom. The number of benzene rings is 1. The third-order valence-electron chi connectivity index (χ3n) is 5.93. The van der Waals surface area contributed by atoms with Crippen LogP contribution in [0.3, 0.4) is 0 Å². The lowest BCUT2D eigenvalue weighted by atomic mass is 9.95. The first kappa shape index (κ1) is 20.1. The molecule has 3 amide bonds. The molecule has 2 aromatic rings. The number of hydrogen-bond acceptors (Lipinski definition) is 5. The van der Waals surface area contributed by atoms with Crippen LogP contribution in [0.1, 0.15) is 36.7 Å². The van der Waals surface area contributed by atoms with Gasteiger partial charge in [-0.15, -0.1) is 0 Å². The number of carbonyl (C=O) groups is 3. The maximum atomic E-state index is 13.3. The molecule has 2 fully saturated rings. The van der Waals surface area contributed by atoms with Crippen molar-refractivity contribution in [1.82, 2.24) is 19.9 Å². The maximum absolute atomic E-state index is 13.3. The predicted octanol–water partition coefficient (Wildman–Crippen LogP) is 2.09. The van der Waals surface area contributed by atoms with Crippen molar-refractivity contribution in [2.24, 2.45) is 5.92 Å². The van der Waals surface area contributed by atoms with E-state index in [1.807, 2.05) is 24.3 Å². The minimum atomic E-state index is -0.300. The zero-order valence-electron chi connectivity index (χ0n) is 17.3. The van der Waals surface area contributed by atoms with Gasteiger partial charge in [-0.1, -0.05) is 12.1 Å². The lowest BCUT2D eigenvalue weighted by Crippen LogP contribution is -2.49. The molecule has 8 heteroatoms. The summed E-state index contributed by atoms with van der Waals surface area (Å²) in [4.78, 5) is 44.2.